The van der Waals surface area contributed by atoms with Gasteiger partial charge in [0.2, 0.25) is 0 Å². The molecular formula is C14H13ClO2. The smallest absolute Gasteiger partial charge is 0.122 e. The van der Waals surface area contributed by atoms with E-state index in [9.17, 15) is 5.11 Å². The highest BCUT2D eigenvalue weighted by Crippen LogP contribution is 2.24. The molecule has 0 atom stereocenters. The Morgan fingerprint density at radius 2 is 1.94 bits per heavy atom. The molecule has 0 aliphatic rings. The zero-order chi connectivity index (χ0) is 12.3. The van der Waals surface area contributed by atoms with E-state index in [1.54, 1.807) is 12.1 Å². The maximum absolute atomic E-state index is 9.24. The third-order valence-corrected chi connectivity index (χ3v) is 2.87. The maximum Gasteiger partial charge on any atom is 0.122 e. The monoisotopic (exact) mass is 248 g/mol. The van der Waals surface area contributed by atoms with Gasteiger partial charge in [-0.3, -0.25) is 0 Å². The summed E-state index contributed by atoms with van der Waals surface area (Å²) in [6.45, 7) is 2.39. The van der Waals surface area contributed by atoms with Crippen molar-refractivity contribution in [1.82, 2.24) is 0 Å². The molecule has 2 nitrogen and oxygen atoms in total. The van der Waals surface area contributed by atoms with Gasteiger partial charge in [0.1, 0.15) is 18.1 Å². The minimum Gasteiger partial charge on any atom is -0.508 e. The molecule has 2 aromatic rings. The molecule has 3 heteroatoms. The molecule has 0 radical (unpaired) electrons. The quantitative estimate of drug-likeness (QED) is 0.892. The number of halogens is 1. The molecule has 1 N–H and O–H groups in total. The minimum absolute atomic E-state index is 0.162. The van der Waals surface area contributed by atoms with Gasteiger partial charge in [0, 0.05) is 5.56 Å². The molecule has 0 aliphatic heterocycles. The van der Waals surface area contributed by atoms with E-state index in [4.69, 9.17) is 16.3 Å². The number of hydrogen-bond acceptors (Lipinski definition) is 2. The van der Waals surface area contributed by atoms with Crippen LogP contribution in [0.1, 0.15) is 11.1 Å². The standard InChI is InChI=1S/C14H13ClO2/c1-10-4-2-3-5-14(10)17-9-11-6-7-12(16)8-13(11)15/h2-8,16H,9H2,1H3. The number of phenols is 1. The van der Waals surface area contributed by atoms with Gasteiger partial charge in [0.05, 0.1) is 5.02 Å². The average molecular weight is 249 g/mol. The summed E-state index contributed by atoms with van der Waals surface area (Å²) in [5, 5.41) is 9.75. The van der Waals surface area contributed by atoms with Crippen LogP contribution in [0.25, 0.3) is 0 Å². The first kappa shape index (κ1) is 11.8. The van der Waals surface area contributed by atoms with Crippen molar-refractivity contribution in [2.75, 3.05) is 0 Å². The van der Waals surface area contributed by atoms with E-state index in [-0.39, 0.29) is 5.75 Å². The number of para-hydroxylation sites is 1. The van der Waals surface area contributed by atoms with E-state index >= 15 is 0 Å². The second-order valence-electron chi connectivity index (χ2n) is 3.83. The van der Waals surface area contributed by atoms with E-state index in [0.29, 0.717) is 11.6 Å². The number of aryl methyl sites for hydroxylation is 1. The largest absolute Gasteiger partial charge is 0.508 e. The first-order chi connectivity index (χ1) is 8.16. The number of ether oxygens (including phenoxy) is 1. The van der Waals surface area contributed by atoms with Crippen molar-refractivity contribution in [3.63, 3.8) is 0 Å². The zero-order valence-corrected chi connectivity index (χ0v) is 10.2. The summed E-state index contributed by atoms with van der Waals surface area (Å²) < 4.78 is 5.68. The molecule has 0 aromatic heterocycles. The van der Waals surface area contributed by atoms with Crippen molar-refractivity contribution in [2.24, 2.45) is 0 Å². The Bertz CT molecular complexity index is 523. The molecular weight excluding hydrogens is 236 g/mol. The average Bonchev–Trinajstić information content (AvgIpc) is 2.30. The van der Waals surface area contributed by atoms with Gasteiger partial charge in [-0.25, -0.2) is 0 Å². The summed E-state index contributed by atoms with van der Waals surface area (Å²) >= 11 is 6.00. The number of hydrogen-bond donors (Lipinski definition) is 1. The number of phenolic OH excluding ortho intramolecular Hbond substituents is 1. The van der Waals surface area contributed by atoms with Crippen molar-refractivity contribution in [3.05, 3.63) is 58.6 Å². The Labute approximate surface area is 105 Å². The normalized spacial score (nSPS) is 10.2. The molecule has 0 saturated carbocycles. The van der Waals surface area contributed by atoms with Crippen molar-refractivity contribution < 1.29 is 9.84 Å². The van der Waals surface area contributed by atoms with Crippen molar-refractivity contribution in [2.45, 2.75) is 13.5 Å². The molecule has 0 unspecified atom stereocenters. The molecule has 0 fully saturated rings. The van der Waals surface area contributed by atoms with Crippen LogP contribution in [-0.2, 0) is 6.61 Å². The van der Waals surface area contributed by atoms with Crippen LogP contribution in [0.4, 0.5) is 0 Å². The topological polar surface area (TPSA) is 29.5 Å². The van der Waals surface area contributed by atoms with Crippen LogP contribution in [-0.4, -0.2) is 5.11 Å². The lowest BCUT2D eigenvalue weighted by Crippen LogP contribution is -1.97. The Balaban J connectivity index is 2.10. The number of rotatable bonds is 3. The highest BCUT2D eigenvalue weighted by Gasteiger charge is 2.03. The van der Waals surface area contributed by atoms with Crippen molar-refractivity contribution >= 4 is 11.6 Å². The Morgan fingerprint density at radius 3 is 2.65 bits per heavy atom. The molecule has 0 bridgehead atoms. The Hall–Kier alpha value is -1.67. The first-order valence-electron chi connectivity index (χ1n) is 5.32. The van der Waals surface area contributed by atoms with Gasteiger partial charge in [0.25, 0.3) is 0 Å². The predicted molar refractivity (Wildman–Crippen MR) is 68.6 cm³/mol. The summed E-state index contributed by atoms with van der Waals surface area (Å²) in [5.41, 5.74) is 1.94. The lowest BCUT2D eigenvalue weighted by Gasteiger charge is -2.10. The van der Waals surface area contributed by atoms with Gasteiger partial charge < -0.3 is 9.84 Å². The molecule has 2 aromatic carbocycles. The first-order valence-corrected chi connectivity index (χ1v) is 5.70. The molecule has 88 valence electrons. The van der Waals surface area contributed by atoms with Crippen LogP contribution in [0.3, 0.4) is 0 Å². The summed E-state index contributed by atoms with van der Waals surface area (Å²) in [7, 11) is 0. The summed E-state index contributed by atoms with van der Waals surface area (Å²) in [4.78, 5) is 0. The van der Waals surface area contributed by atoms with Gasteiger partial charge in [0.15, 0.2) is 0 Å². The van der Waals surface area contributed by atoms with E-state index in [0.717, 1.165) is 16.9 Å². The van der Waals surface area contributed by atoms with Crippen LogP contribution in [0, 0.1) is 6.92 Å². The molecule has 2 rings (SSSR count). The summed E-state index contributed by atoms with van der Waals surface area (Å²) in [6.07, 6.45) is 0. The minimum atomic E-state index is 0.162. The van der Waals surface area contributed by atoms with Gasteiger partial charge in [-0.15, -0.1) is 0 Å². The van der Waals surface area contributed by atoms with Gasteiger partial charge in [-0.05, 0) is 30.7 Å². The zero-order valence-electron chi connectivity index (χ0n) is 9.48. The molecule has 0 heterocycles. The highest BCUT2D eigenvalue weighted by atomic mass is 35.5. The van der Waals surface area contributed by atoms with Crippen LogP contribution in [0.15, 0.2) is 42.5 Å². The van der Waals surface area contributed by atoms with Crippen LogP contribution in [0.2, 0.25) is 5.02 Å². The summed E-state index contributed by atoms with van der Waals surface area (Å²) in [5.74, 6) is 1.01. The van der Waals surface area contributed by atoms with Crippen LogP contribution < -0.4 is 4.74 Å². The van der Waals surface area contributed by atoms with Crippen LogP contribution in [0.5, 0.6) is 11.5 Å². The van der Waals surface area contributed by atoms with E-state index in [1.165, 1.54) is 6.07 Å². The second-order valence-corrected chi connectivity index (χ2v) is 4.24. The molecule has 0 saturated heterocycles. The fraction of sp³-hybridized carbons (Fsp3) is 0.143. The fourth-order valence-corrected chi connectivity index (χ4v) is 1.76. The molecule has 0 aliphatic carbocycles. The van der Waals surface area contributed by atoms with Gasteiger partial charge in [-0.1, -0.05) is 35.9 Å². The SMILES string of the molecule is Cc1ccccc1OCc1ccc(O)cc1Cl. The molecule has 0 spiro atoms. The number of aromatic hydroxyl groups is 1. The fourth-order valence-electron chi connectivity index (χ4n) is 1.53. The van der Waals surface area contributed by atoms with Crippen molar-refractivity contribution in [3.8, 4) is 11.5 Å². The van der Waals surface area contributed by atoms with Crippen molar-refractivity contribution in [1.29, 1.82) is 0 Å². The molecule has 17 heavy (non-hydrogen) atoms. The van der Waals surface area contributed by atoms with E-state index in [2.05, 4.69) is 0 Å². The van der Waals surface area contributed by atoms with Gasteiger partial charge >= 0.3 is 0 Å². The summed E-state index contributed by atoms with van der Waals surface area (Å²) in [6, 6.07) is 12.7. The highest BCUT2D eigenvalue weighted by molar-refractivity contribution is 6.31. The third-order valence-electron chi connectivity index (χ3n) is 2.51. The lowest BCUT2D eigenvalue weighted by atomic mass is 10.2. The number of benzene rings is 2. The Morgan fingerprint density at radius 1 is 1.18 bits per heavy atom. The second kappa shape index (κ2) is 5.11. The maximum atomic E-state index is 9.24. The molecule has 0 amide bonds. The third kappa shape index (κ3) is 2.92. The van der Waals surface area contributed by atoms with E-state index in [1.807, 2.05) is 31.2 Å². The predicted octanol–water partition coefficient (Wildman–Crippen LogP) is 3.93. The Kier molecular flexibility index (Phi) is 3.55. The van der Waals surface area contributed by atoms with Gasteiger partial charge in [-0.2, -0.15) is 0 Å². The lowest BCUT2D eigenvalue weighted by molar-refractivity contribution is 0.304. The van der Waals surface area contributed by atoms with Crippen LogP contribution >= 0.6 is 11.6 Å². The van der Waals surface area contributed by atoms with E-state index < -0.39 is 0 Å².